The summed E-state index contributed by atoms with van der Waals surface area (Å²) in [5.74, 6) is -1.59. The molecule has 19 heavy (non-hydrogen) atoms. The molecule has 0 fully saturated rings. The minimum atomic E-state index is -0.973. The Morgan fingerprint density at radius 3 is 2.42 bits per heavy atom. The number of amides is 1. The van der Waals surface area contributed by atoms with E-state index in [9.17, 15) is 9.59 Å². The smallest absolute Gasteiger partial charge is 0.335 e. The van der Waals surface area contributed by atoms with Gasteiger partial charge in [-0.3, -0.25) is 4.79 Å². The molecule has 0 aliphatic carbocycles. The van der Waals surface area contributed by atoms with Gasteiger partial charge in [0, 0.05) is 0 Å². The minimum Gasteiger partial charge on any atom is -0.478 e. The van der Waals surface area contributed by atoms with Crippen molar-refractivity contribution in [2.75, 3.05) is 0 Å². The SMILES string of the molecule is Cc1c(C(N)=O)nnn1Cc1ccc(C(=O)O)cc1. The van der Waals surface area contributed by atoms with Gasteiger partial charge in [-0.05, 0) is 24.6 Å². The molecule has 0 aliphatic heterocycles. The number of rotatable bonds is 4. The Morgan fingerprint density at radius 2 is 1.95 bits per heavy atom. The largest absolute Gasteiger partial charge is 0.478 e. The molecule has 0 aliphatic rings. The van der Waals surface area contributed by atoms with Crippen molar-refractivity contribution < 1.29 is 14.7 Å². The van der Waals surface area contributed by atoms with Crippen molar-refractivity contribution in [3.8, 4) is 0 Å². The number of carbonyl (C=O) groups excluding carboxylic acids is 1. The first-order valence-electron chi connectivity index (χ1n) is 5.51. The lowest BCUT2D eigenvalue weighted by Crippen LogP contribution is -2.13. The van der Waals surface area contributed by atoms with Crippen LogP contribution >= 0.6 is 0 Å². The van der Waals surface area contributed by atoms with E-state index in [1.54, 1.807) is 19.1 Å². The molecule has 1 heterocycles. The first-order chi connectivity index (χ1) is 8.99. The number of benzene rings is 1. The summed E-state index contributed by atoms with van der Waals surface area (Å²) >= 11 is 0. The average Bonchev–Trinajstić information content (AvgIpc) is 2.72. The molecule has 0 spiro atoms. The van der Waals surface area contributed by atoms with Gasteiger partial charge in [0.2, 0.25) is 0 Å². The minimum absolute atomic E-state index is 0.141. The summed E-state index contributed by atoms with van der Waals surface area (Å²) in [4.78, 5) is 21.8. The monoisotopic (exact) mass is 260 g/mol. The second kappa shape index (κ2) is 4.89. The van der Waals surface area contributed by atoms with E-state index in [1.165, 1.54) is 16.8 Å². The van der Waals surface area contributed by atoms with Crippen LogP contribution in [-0.2, 0) is 6.54 Å². The van der Waals surface area contributed by atoms with E-state index < -0.39 is 11.9 Å². The lowest BCUT2D eigenvalue weighted by molar-refractivity contribution is 0.0696. The van der Waals surface area contributed by atoms with Crippen molar-refractivity contribution in [3.63, 3.8) is 0 Å². The fourth-order valence-corrected chi connectivity index (χ4v) is 1.66. The molecule has 0 bridgehead atoms. The van der Waals surface area contributed by atoms with E-state index in [0.717, 1.165) is 5.56 Å². The number of aromatic nitrogens is 3. The van der Waals surface area contributed by atoms with Crippen molar-refractivity contribution in [3.05, 3.63) is 46.8 Å². The summed E-state index contributed by atoms with van der Waals surface area (Å²) < 4.78 is 1.54. The molecule has 0 saturated carbocycles. The van der Waals surface area contributed by atoms with Gasteiger partial charge in [0.05, 0.1) is 17.8 Å². The number of carboxylic acid groups (broad SMARTS) is 1. The molecule has 3 N–H and O–H groups in total. The third-order valence-electron chi connectivity index (χ3n) is 2.75. The van der Waals surface area contributed by atoms with Gasteiger partial charge in [0.25, 0.3) is 5.91 Å². The van der Waals surface area contributed by atoms with Crippen LogP contribution in [0.3, 0.4) is 0 Å². The number of nitrogens with two attached hydrogens (primary N) is 1. The molecule has 2 rings (SSSR count). The predicted octanol–water partition coefficient (Wildman–Crippen LogP) is 0.432. The van der Waals surface area contributed by atoms with Crippen molar-refractivity contribution in [1.82, 2.24) is 15.0 Å². The van der Waals surface area contributed by atoms with Gasteiger partial charge in [-0.15, -0.1) is 5.10 Å². The maximum atomic E-state index is 11.0. The standard InChI is InChI=1S/C12H12N4O3/c1-7-10(11(13)17)14-15-16(7)6-8-2-4-9(5-3-8)12(18)19/h2-5H,6H2,1H3,(H2,13,17)(H,18,19). The van der Waals surface area contributed by atoms with E-state index in [2.05, 4.69) is 10.3 Å². The van der Waals surface area contributed by atoms with Gasteiger partial charge in [-0.25, -0.2) is 9.48 Å². The lowest BCUT2D eigenvalue weighted by atomic mass is 10.1. The van der Waals surface area contributed by atoms with E-state index in [-0.39, 0.29) is 11.3 Å². The van der Waals surface area contributed by atoms with Crippen molar-refractivity contribution in [1.29, 1.82) is 0 Å². The van der Waals surface area contributed by atoms with E-state index in [0.29, 0.717) is 12.2 Å². The van der Waals surface area contributed by atoms with Gasteiger partial charge < -0.3 is 10.8 Å². The van der Waals surface area contributed by atoms with Crippen LogP contribution in [0.4, 0.5) is 0 Å². The number of hydrogen-bond acceptors (Lipinski definition) is 4. The summed E-state index contributed by atoms with van der Waals surface area (Å²) in [6.07, 6.45) is 0. The van der Waals surface area contributed by atoms with Crippen LogP contribution in [0.15, 0.2) is 24.3 Å². The highest BCUT2D eigenvalue weighted by Gasteiger charge is 2.13. The van der Waals surface area contributed by atoms with Crippen LogP contribution in [0.5, 0.6) is 0 Å². The van der Waals surface area contributed by atoms with Crippen LogP contribution in [0.2, 0.25) is 0 Å². The molecule has 1 aromatic heterocycles. The molecule has 0 saturated heterocycles. The fraction of sp³-hybridized carbons (Fsp3) is 0.167. The molecule has 2 aromatic rings. The van der Waals surface area contributed by atoms with Gasteiger partial charge in [-0.2, -0.15) is 0 Å². The van der Waals surface area contributed by atoms with Crippen LogP contribution < -0.4 is 5.73 Å². The highest BCUT2D eigenvalue weighted by atomic mass is 16.4. The van der Waals surface area contributed by atoms with Gasteiger partial charge in [-0.1, -0.05) is 17.3 Å². The second-order valence-corrected chi connectivity index (χ2v) is 4.05. The summed E-state index contributed by atoms with van der Waals surface area (Å²) in [6.45, 7) is 2.09. The number of aromatic carboxylic acids is 1. The van der Waals surface area contributed by atoms with E-state index >= 15 is 0 Å². The van der Waals surface area contributed by atoms with Crippen LogP contribution in [-0.4, -0.2) is 32.0 Å². The molecule has 7 heteroatoms. The third-order valence-corrected chi connectivity index (χ3v) is 2.75. The molecule has 0 radical (unpaired) electrons. The zero-order valence-corrected chi connectivity index (χ0v) is 10.2. The second-order valence-electron chi connectivity index (χ2n) is 4.05. The number of carbonyl (C=O) groups is 2. The number of carboxylic acids is 1. The number of primary amides is 1. The Kier molecular flexibility index (Phi) is 3.28. The zero-order chi connectivity index (χ0) is 14.0. The van der Waals surface area contributed by atoms with Gasteiger partial charge in [0.1, 0.15) is 0 Å². The fourth-order valence-electron chi connectivity index (χ4n) is 1.66. The maximum Gasteiger partial charge on any atom is 0.335 e. The van der Waals surface area contributed by atoms with Crippen LogP contribution in [0, 0.1) is 6.92 Å². The molecule has 98 valence electrons. The van der Waals surface area contributed by atoms with Gasteiger partial charge >= 0.3 is 5.97 Å². The summed E-state index contributed by atoms with van der Waals surface area (Å²) in [6, 6.07) is 6.40. The zero-order valence-electron chi connectivity index (χ0n) is 10.2. The molecular formula is C12H12N4O3. The Hall–Kier alpha value is -2.70. The summed E-state index contributed by atoms with van der Waals surface area (Å²) in [7, 11) is 0. The van der Waals surface area contributed by atoms with Crippen LogP contribution in [0.25, 0.3) is 0 Å². The summed E-state index contributed by atoms with van der Waals surface area (Å²) in [5.41, 5.74) is 6.95. The van der Waals surface area contributed by atoms with E-state index in [4.69, 9.17) is 10.8 Å². The maximum absolute atomic E-state index is 11.0. The lowest BCUT2D eigenvalue weighted by Gasteiger charge is -2.04. The Morgan fingerprint density at radius 1 is 1.32 bits per heavy atom. The van der Waals surface area contributed by atoms with Crippen molar-refractivity contribution in [2.24, 2.45) is 5.73 Å². The quantitative estimate of drug-likeness (QED) is 0.828. The van der Waals surface area contributed by atoms with Crippen LogP contribution in [0.1, 0.15) is 32.1 Å². The molecule has 1 aromatic carbocycles. The average molecular weight is 260 g/mol. The first kappa shape index (κ1) is 12.7. The van der Waals surface area contributed by atoms with E-state index in [1.807, 2.05) is 0 Å². The molecular weight excluding hydrogens is 248 g/mol. The Labute approximate surface area is 108 Å². The molecule has 7 nitrogen and oxygen atoms in total. The normalized spacial score (nSPS) is 10.4. The third kappa shape index (κ3) is 2.59. The predicted molar refractivity (Wildman–Crippen MR) is 65.8 cm³/mol. The highest BCUT2D eigenvalue weighted by Crippen LogP contribution is 2.09. The van der Waals surface area contributed by atoms with Crippen molar-refractivity contribution >= 4 is 11.9 Å². The highest BCUT2D eigenvalue weighted by molar-refractivity contribution is 5.91. The summed E-state index contributed by atoms with van der Waals surface area (Å²) in [5, 5.41) is 16.3. The molecule has 0 unspecified atom stereocenters. The first-order valence-corrected chi connectivity index (χ1v) is 5.51. The molecule has 1 amide bonds. The Balaban J connectivity index is 2.21. The van der Waals surface area contributed by atoms with Crippen molar-refractivity contribution in [2.45, 2.75) is 13.5 Å². The number of hydrogen-bond donors (Lipinski definition) is 2. The Bertz CT molecular complexity index is 631. The molecule has 0 atom stereocenters. The topological polar surface area (TPSA) is 111 Å². The van der Waals surface area contributed by atoms with Gasteiger partial charge in [0.15, 0.2) is 5.69 Å². The number of nitrogens with zero attached hydrogens (tertiary/aromatic N) is 3.